The second-order valence-electron chi connectivity index (χ2n) is 8.41. The van der Waals surface area contributed by atoms with Gasteiger partial charge in [0, 0.05) is 26.3 Å². The summed E-state index contributed by atoms with van der Waals surface area (Å²) < 4.78 is 34.5. The Morgan fingerprint density at radius 3 is 1.28 bits per heavy atom. The molecule has 1 aliphatic heterocycles. The molecule has 0 spiro atoms. The number of rotatable bonds is 0. The highest BCUT2D eigenvalue weighted by Crippen LogP contribution is 2.24. The van der Waals surface area contributed by atoms with Crippen molar-refractivity contribution in [3.8, 4) is 11.5 Å². The van der Waals surface area contributed by atoms with Gasteiger partial charge in [-0.25, -0.2) is 0 Å². The largest absolute Gasteiger partial charge is 0.489 e. The van der Waals surface area contributed by atoms with Crippen molar-refractivity contribution in [1.82, 2.24) is 0 Å². The number of hydrogen-bond acceptors (Lipinski definition) is 8. The van der Waals surface area contributed by atoms with Crippen molar-refractivity contribution >= 4 is 11.4 Å². The van der Waals surface area contributed by atoms with E-state index in [1.54, 1.807) is 0 Å². The summed E-state index contributed by atoms with van der Waals surface area (Å²) in [5.74, 6) is 1.69. The molecular weight excluding hydrogens is 460 g/mol. The average Bonchev–Trinajstić information content (AvgIpc) is 2.90. The van der Waals surface area contributed by atoms with Crippen LogP contribution < -0.4 is 20.1 Å². The van der Waals surface area contributed by atoms with E-state index in [0.29, 0.717) is 52.9 Å². The highest BCUT2D eigenvalue weighted by Gasteiger charge is 2.04. The maximum absolute atomic E-state index is 5.91. The number of ether oxygens (including phenoxy) is 6. The predicted octanol–water partition coefficient (Wildman–Crippen LogP) is 4.61. The zero-order chi connectivity index (χ0) is 24.9. The third-order valence-electron chi connectivity index (χ3n) is 5.55. The molecule has 8 heteroatoms. The van der Waals surface area contributed by atoms with Crippen molar-refractivity contribution in [2.24, 2.45) is 0 Å². The number of anilines is 2. The van der Waals surface area contributed by atoms with Gasteiger partial charge >= 0.3 is 0 Å². The molecule has 2 aromatic rings. The fourth-order valence-corrected chi connectivity index (χ4v) is 3.65. The monoisotopic (exact) mass is 502 g/mol. The summed E-state index contributed by atoms with van der Waals surface area (Å²) in [5.41, 5.74) is 2.00. The van der Waals surface area contributed by atoms with Gasteiger partial charge in [-0.05, 0) is 49.9 Å². The fourth-order valence-electron chi connectivity index (χ4n) is 3.65. The topological polar surface area (TPSA) is 79.4 Å². The van der Waals surface area contributed by atoms with Gasteiger partial charge in [0.1, 0.15) is 24.7 Å². The number of nitrogens with one attached hydrogen (secondary N) is 2. The van der Waals surface area contributed by atoms with Crippen LogP contribution in [-0.2, 0) is 18.9 Å². The van der Waals surface area contributed by atoms with Crippen molar-refractivity contribution in [3.05, 3.63) is 48.5 Å². The Hall–Kier alpha value is -2.52. The van der Waals surface area contributed by atoms with Crippen LogP contribution in [0.15, 0.2) is 48.5 Å². The van der Waals surface area contributed by atoms with E-state index >= 15 is 0 Å². The summed E-state index contributed by atoms with van der Waals surface area (Å²) in [5, 5.41) is 6.91. The highest BCUT2D eigenvalue weighted by atomic mass is 16.5. The molecule has 0 aromatic heterocycles. The molecule has 0 amide bonds. The zero-order valence-electron chi connectivity index (χ0n) is 21.4. The first-order valence-electron chi connectivity index (χ1n) is 13.2. The van der Waals surface area contributed by atoms with Crippen molar-refractivity contribution in [1.29, 1.82) is 0 Å². The normalized spacial score (nSPS) is 18.9. The average molecular weight is 503 g/mol. The fraction of sp³-hybridized carbons (Fsp3) is 0.571. The highest BCUT2D eigenvalue weighted by molar-refractivity contribution is 5.56. The Morgan fingerprint density at radius 2 is 0.806 bits per heavy atom. The zero-order valence-corrected chi connectivity index (χ0v) is 21.4. The third-order valence-corrected chi connectivity index (χ3v) is 5.55. The number of benzene rings is 2. The smallest absolute Gasteiger partial charge is 0.142 e. The molecule has 0 aliphatic carbocycles. The van der Waals surface area contributed by atoms with E-state index in [0.717, 1.165) is 74.9 Å². The van der Waals surface area contributed by atoms with E-state index in [1.807, 2.05) is 48.5 Å². The number of para-hydroxylation sites is 4. The van der Waals surface area contributed by atoms with Crippen LogP contribution in [0.2, 0.25) is 0 Å². The maximum atomic E-state index is 5.91. The second kappa shape index (κ2) is 18.7. The summed E-state index contributed by atoms with van der Waals surface area (Å²) in [6.07, 6.45) is 4.00. The predicted molar refractivity (Wildman–Crippen MR) is 143 cm³/mol. The Kier molecular flexibility index (Phi) is 14.6. The molecule has 0 radical (unpaired) electrons. The van der Waals surface area contributed by atoms with Crippen LogP contribution in [0.1, 0.15) is 25.7 Å². The second-order valence-corrected chi connectivity index (χ2v) is 8.41. The van der Waals surface area contributed by atoms with Crippen molar-refractivity contribution in [3.63, 3.8) is 0 Å². The van der Waals surface area contributed by atoms with E-state index < -0.39 is 0 Å². The van der Waals surface area contributed by atoms with Gasteiger partial charge in [0.25, 0.3) is 0 Å². The summed E-state index contributed by atoms with van der Waals surface area (Å²) >= 11 is 0. The van der Waals surface area contributed by atoms with E-state index in [-0.39, 0.29) is 0 Å². The van der Waals surface area contributed by atoms with Crippen LogP contribution in [0.3, 0.4) is 0 Å². The first kappa shape index (κ1) is 28.1. The van der Waals surface area contributed by atoms with Crippen molar-refractivity contribution in [2.75, 3.05) is 89.8 Å². The minimum absolute atomic E-state index is 0.505. The lowest BCUT2D eigenvalue weighted by Crippen LogP contribution is -2.13. The molecule has 1 aliphatic rings. The Labute approximate surface area is 215 Å². The Bertz CT molecular complexity index is 689. The van der Waals surface area contributed by atoms with Gasteiger partial charge in [-0.1, -0.05) is 24.3 Å². The lowest BCUT2D eigenvalue weighted by molar-refractivity contribution is 0.0353. The van der Waals surface area contributed by atoms with Gasteiger partial charge in [-0.3, -0.25) is 0 Å². The molecule has 0 fully saturated rings. The molecule has 0 atom stereocenters. The van der Waals surface area contributed by atoms with E-state index in [4.69, 9.17) is 28.4 Å². The molecule has 0 saturated heterocycles. The van der Waals surface area contributed by atoms with Gasteiger partial charge in [0.05, 0.1) is 51.0 Å². The molecule has 200 valence electrons. The third kappa shape index (κ3) is 11.9. The molecule has 2 N–H and O–H groups in total. The molecule has 8 nitrogen and oxygen atoms in total. The van der Waals surface area contributed by atoms with Crippen LogP contribution in [0.25, 0.3) is 0 Å². The molecular formula is C28H42N2O6. The molecule has 0 unspecified atom stereocenters. The maximum Gasteiger partial charge on any atom is 0.142 e. The van der Waals surface area contributed by atoms with Gasteiger partial charge < -0.3 is 39.1 Å². The van der Waals surface area contributed by atoms with Crippen LogP contribution in [0.4, 0.5) is 11.4 Å². The van der Waals surface area contributed by atoms with Gasteiger partial charge in [0.2, 0.25) is 0 Å². The van der Waals surface area contributed by atoms with E-state index in [9.17, 15) is 0 Å². The summed E-state index contributed by atoms with van der Waals surface area (Å²) in [6, 6.07) is 16.0. The van der Waals surface area contributed by atoms with Crippen LogP contribution in [0, 0.1) is 0 Å². The van der Waals surface area contributed by atoms with Crippen molar-refractivity contribution in [2.45, 2.75) is 25.7 Å². The number of fused-ring (bicyclic) bond motifs is 2. The van der Waals surface area contributed by atoms with Gasteiger partial charge in [-0.2, -0.15) is 0 Å². The molecule has 1 heterocycles. The quantitative estimate of drug-likeness (QED) is 0.541. The lowest BCUT2D eigenvalue weighted by Gasteiger charge is -2.14. The Balaban J connectivity index is 1.39. The van der Waals surface area contributed by atoms with Crippen LogP contribution >= 0.6 is 0 Å². The summed E-state index contributed by atoms with van der Waals surface area (Å²) in [4.78, 5) is 0. The van der Waals surface area contributed by atoms with Crippen LogP contribution in [-0.4, -0.2) is 79.2 Å². The Morgan fingerprint density at radius 1 is 0.417 bits per heavy atom. The van der Waals surface area contributed by atoms with Crippen molar-refractivity contribution < 1.29 is 28.4 Å². The standard InChI is InChI=1S/C28H42N2O6/c1-3-11-27-25(9-1)29-13-5-7-15-31-18-20-34-22-24-36-28-12-4-2-10-26(28)30-14-6-8-16-32-17-19-33-21-23-35-27/h1-4,9-12,29-30H,5-8,13-24H2. The SMILES string of the molecule is c1ccc2c(c1)NCCCCOCCOCCOc1ccccc1NCCCCOCCOCCO2. The molecule has 0 saturated carbocycles. The molecule has 0 bridgehead atoms. The first-order valence-corrected chi connectivity index (χ1v) is 13.2. The lowest BCUT2D eigenvalue weighted by atomic mass is 10.2. The van der Waals surface area contributed by atoms with Gasteiger partial charge in [0.15, 0.2) is 0 Å². The van der Waals surface area contributed by atoms with E-state index in [1.165, 1.54) is 0 Å². The van der Waals surface area contributed by atoms with Gasteiger partial charge in [-0.15, -0.1) is 0 Å². The molecule has 36 heavy (non-hydrogen) atoms. The summed E-state index contributed by atoms with van der Waals surface area (Å²) in [6.45, 7) is 7.56. The summed E-state index contributed by atoms with van der Waals surface area (Å²) in [7, 11) is 0. The van der Waals surface area contributed by atoms with E-state index in [2.05, 4.69) is 10.6 Å². The minimum atomic E-state index is 0.505. The first-order chi connectivity index (χ1) is 17.9. The minimum Gasteiger partial charge on any atom is -0.489 e. The van der Waals surface area contributed by atoms with Crippen LogP contribution in [0.5, 0.6) is 11.5 Å². The number of hydrogen-bond donors (Lipinski definition) is 2. The molecule has 2 aromatic carbocycles. The molecule has 3 rings (SSSR count).